The molecule has 0 spiro atoms. The minimum absolute atomic E-state index is 0.342. The summed E-state index contributed by atoms with van der Waals surface area (Å²) in [5.74, 6) is 2.35. The van der Waals surface area contributed by atoms with Crippen molar-refractivity contribution < 1.29 is 0 Å². The van der Waals surface area contributed by atoms with Crippen LogP contribution in [0.4, 0.5) is 5.69 Å². The average molecular weight is 428 g/mol. The van der Waals surface area contributed by atoms with Crippen molar-refractivity contribution in [3.05, 3.63) is 65.2 Å². The molecule has 1 aliphatic carbocycles. The first-order valence-electron chi connectivity index (χ1n) is 11.8. The van der Waals surface area contributed by atoms with Gasteiger partial charge in [0.15, 0.2) is 5.82 Å². The van der Waals surface area contributed by atoms with Crippen LogP contribution in [0.15, 0.2) is 42.5 Å². The number of aryl methyl sites for hydroxylation is 1. The summed E-state index contributed by atoms with van der Waals surface area (Å²) in [7, 11) is 0. The Kier molecular flexibility index (Phi) is 4.89. The van der Waals surface area contributed by atoms with Gasteiger partial charge in [-0.3, -0.25) is 0 Å². The van der Waals surface area contributed by atoms with Gasteiger partial charge in [-0.1, -0.05) is 42.0 Å². The molecule has 2 aromatic heterocycles. The minimum atomic E-state index is 0.342. The van der Waals surface area contributed by atoms with E-state index in [1.165, 1.54) is 34.3 Å². The van der Waals surface area contributed by atoms with Gasteiger partial charge in [-0.2, -0.15) is 5.21 Å². The van der Waals surface area contributed by atoms with E-state index < -0.39 is 0 Å². The van der Waals surface area contributed by atoms with Crippen LogP contribution >= 0.6 is 0 Å². The standard InChI is InChI=1S/C25H29N7/c1-16-10-11-20-21(26-16)12-13-22-24(20)27-23(14-17-6-3-2-4-7-17)32(22)19-9-5-8-18(15-19)25-28-30-31-29-25/h2-4,6-7,12-13,16,18-19,26H,5,8-11,14-15H2,1H3,(H,28,29,30,31)/t16-,18+,19+/m0/s1. The molecule has 164 valence electrons. The number of hydrogen-bond donors (Lipinski definition) is 2. The summed E-state index contributed by atoms with van der Waals surface area (Å²) in [4.78, 5) is 5.28. The van der Waals surface area contributed by atoms with Crippen molar-refractivity contribution >= 4 is 16.7 Å². The number of H-pyrrole nitrogens is 1. The number of rotatable bonds is 4. The van der Waals surface area contributed by atoms with E-state index in [9.17, 15) is 0 Å². The van der Waals surface area contributed by atoms with Crippen LogP contribution in [0, 0.1) is 0 Å². The Labute approximate surface area is 187 Å². The van der Waals surface area contributed by atoms with Gasteiger partial charge in [-0.25, -0.2) is 4.98 Å². The zero-order valence-corrected chi connectivity index (χ0v) is 18.5. The maximum atomic E-state index is 5.28. The van der Waals surface area contributed by atoms with Crippen molar-refractivity contribution in [2.45, 2.75) is 69.9 Å². The zero-order chi connectivity index (χ0) is 21.5. The Bertz CT molecular complexity index is 1210. The minimum Gasteiger partial charge on any atom is -0.382 e. The van der Waals surface area contributed by atoms with Gasteiger partial charge in [0.2, 0.25) is 0 Å². The van der Waals surface area contributed by atoms with Crippen LogP contribution in [0.1, 0.15) is 73.8 Å². The van der Waals surface area contributed by atoms with Gasteiger partial charge >= 0.3 is 0 Å². The molecule has 32 heavy (non-hydrogen) atoms. The molecule has 3 heterocycles. The number of benzene rings is 2. The Morgan fingerprint density at radius 3 is 2.81 bits per heavy atom. The fourth-order valence-electron chi connectivity index (χ4n) is 5.64. The van der Waals surface area contributed by atoms with Gasteiger partial charge in [0.1, 0.15) is 5.82 Å². The van der Waals surface area contributed by atoms with E-state index in [0.717, 1.165) is 50.2 Å². The van der Waals surface area contributed by atoms with Crippen LogP contribution in [0.2, 0.25) is 0 Å². The summed E-state index contributed by atoms with van der Waals surface area (Å²) in [5, 5.41) is 18.7. The van der Waals surface area contributed by atoms with Crippen LogP contribution in [-0.2, 0) is 12.8 Å². The molecule has 7 heteroatoms. The first kappa shape index (κ1) is 19.5. The molecule has 2 N–H and O–H groups in total. The van der Waals surface area contributed by atoms with Crippen molar-refractivity contribution in [1.29, 1.82) is 0 Å². The quantitative estimate of drug-likeness (QED) is 0.489. The summed E-state index contributed by atoms with van der Waals surface area (Å²) in [6, 6.07) is 16.1. The number of tetrazole rings is 1. The zero-order valence-electron chi connectivity index (χ0n) is 18.5. The number of hydrogen-bond acceptors (Lipinski definition) is 5. The summed E-state index contributed by atoms with van der Waals surface area (Å²) in [6.07, 6.45) is 7.55. The number of aromatic amines is 1. The first-order chi connectivity index (χ1) is 15.8. The second-order valence-corrected chi connectivity index (χ2v) is 9.39. The molecule has 4 aromatic rings. The van der Waals surface area contributed by atoms with Crippen molar-refractivity contribution in [3.8, 4) is 0 Å². The number of imidazole rings is 1. The molecule has 3 atom stereocenters. The van der Waals surface area contributed by atoms with E-state index in [1.54, 1.807) is 0 Å². The number of nitrogens with one attached hydrogen (secondary N) is 2. The Balaban J connectivity index is 1.45. The molecular weight excluding hydrogens is 398 g/mol. The third-order valence-corrected chi connectivity index (χ3v) is 7.21. The molecule has 2 aliphatic rings. The van der Waals surface area contributed by atoms with Gasteiger partial charge in [0.05, 0.1) is 11.0 Å². The largest absolute Gasteiger partial charge is 0.382 e. The number of aromatic nitrogens is 6. The van der Waals surface area contributed by atoms with Crippen LogP contribution in [0.5, 0.6) is 0 Å². The lowest BCUT2D eigenvalue weighted by atomic mass is 9.85. The predicted octanol–water partition coefficient (Wildman–Crippen LogP) is 4.79. The number of anilines is 1. The molecule has 0 saturated heterocycles. The van der Waals surface area contributed by atoms with Crippen LogP contribution < -0.4 is 5.32 Å². The van der Waals surface area contributed by atoms with E-state index in [2.05, 4.69) is 79.9 Å². The number of nitrogens with zero attached hydrogens (tertiary/aromatic N) is 5. The molecular formula is C25H29N7. The van der Waals surface area contributed by atoms with Gasteiger partial charge in [0.25, 0.3) is 0 Å². The summed E-state index contributed by atoms with van der Waals surface area (Å²) in [5.41, 5.74) is 6.37. The highest BCUT2D eigenvalue weighted by molar-refractivity contribution is 5.86. The molecule has 6 rings (SSSR count). The average Bonchev–Trinajstić information content (AvgIpc) is 3.48. The van der Waals surface area contributed by atoms with Gasteiger partial charge in [-0.05, 0) is 56.7 Å². The smallest absolute Gasteiger partial charge is 0.177 e. The maximum Gasteiger partial charge on any atom is 0.177 e. The highest BCUT2D eigenvalue weighted by Crippen LogP contribution is 2.41. The molecule has 2 aromatic carbocycles. The highest BCUT2D eigenvalue weighted by atomic mass is 15.5. The van der Waals surface area contributed by atoms with Gasteiger partial charge in [-0.15, -0.1) is 10.2 Å². The Hall–Kier alpha value is -3.22. The van der Waals surface area contributed by atoms with Crippen molar-refractivity contribution in [2.24, 2.45) is 0 Å². The lowest BCUT2D eigenvalue weighted by molar-refractivity contribution is 0.312. The van der Waals surface area contributed by atoms with E-state index in [4.69, 9.17) is 4.98 Å². The second-order valence-electron chi connectivity index (χ2n) is 9.39. The molecule has 0 bridgehead atoms. The normalized spacial score (nSPS) is 23.1. The molecule has 0 radical (unpaired) electrons. The van der Waals surface area contributed by atoms with Crippen LogP contribution in [-0.4, -0.2) is 36.2 Å². The maximum absolute atomic E-state index is 5.28. The SMILES string of the molecule is C[C@H]1CCc2c(ccc3c2nc(Cc2ccccc2)n3[C@@H]2CCC[C@@H](c3nn[nH]n3)C2)N1. The number of fused-ring (bicyclic) bond motifs is 3. The van der Waals surface area contributed by atoms with Gasteiger partial charge in [0, 0.05) is 35.7 Å². The molecule has 7 nitrogen and oxygen atoms in total. The molecule has 0 amide bonds. The topological polar surface area (TPSA) is 84.3 Å². The molecule has 0 unspecified atom stereocenters. The summed E-state index contributed by atoms with van der Waals surface area (Å²) >= 11 is 0. The van der Waals surface area contributed by atoms with Gasteiger partial charge < -0.3 is 9.88 Å². The van der Waals surface area contributed by atoms with E-state index in [0.29, 0.717) is 18.0 Å². The lowest BCUT2D eigenvalue weighted by Crippen LogP contribution is -2.22. The fraction of sp³-hybridized carbons (Fsp3) is 0.440. The van der Waals surface area contributed by atoms with Crippen LogP contribution in [0.25, 0.3) is 11.0 Å². The first-order valence-corrected chi connectivity index (χ1v) is 11.8. The van der Waals surface area contributed by atoms with E-state index >= 15 is 0 Å². The molecule has 1 aliphatic heterocycles. The molecule has 1 fully saturated rings. The second kappa shape index (κ2) is 8.04. The van der Waals surface area contributed by atoms with Crippen molar-refractivity contribution in [1.82, 2.24) is 30.2 Å². The summed E-state index contributed by atoms with van der Waals surface area (Å²) in [6.45, 7) is 2.26. The fourth-order valence-corrected chi connectivity index (χ4v) is 5.64. The summed E-state index contributed by atoms with van der Waals surface area (Å²) < 4.78 is 2.53. The highest BCUT2D eigenvalue weighted by Gasteiger charge is 2.30. The van der Waals surface area contributed by atoms with Crippen molar-refractivity contribution in [3.63, 3.8) is 0 Å². The van der Waals surface area contributed by atoms with E-state index in [1.807, 2.05) is 0 Å². The predicted molar refractivity (Wildman–Crippen MR) is 125 cm³/mol. The third-order valence-electron chi connectivity index (χ3n) is 7.21. The van der Waals surface area contributed by atoms with E-state index in [-0.39, 0.29) is 0 Å². The van der Waals surface area contributed by atoms with Crippen molar-refractivity contribution in [2.75, 3.05) is 5.32 Å². The molecule has 1 saturated carbocycles. The Morgan fingerprint density at radius 2 is 1.97 bits per heavy atom. The monoisotopic (exact) mass is 427 g/mol. The third kappa shape index (κ3) is 3.45. The Morgan fingerprint density at radius 1 is 1.06 bits per heavy atom. The lowest BCUT2D eigenvalue weighted by Gasteiger charge is -2.30. The van der Waals surface area contributed by atoms with Crippen LogP contribution in [0.3, 0.4) is 0 Å².